The first-order valence-corrected chi connectivity index (χ1v) is 9.50. The van der Waals surface area contributed by atoms with Gasteiger partial charge >= 0.3 is 0 Å². The summed E-state index contributed by atoms with van der Waals surface area (Å²) >= 11 is 4.33. The van der Waals surface area contributed by atoms with Gasteiger partial charge in [-0.05, 0) is 24.8 Å². The molecule has 25 heavy (non-hydrogen) atoms. The number of nitrogens with zero attached hydrogens (tertiary/aromatic N) is 1. The van der Waals surface area contributed by atoms with E-state index in [9.17, 15) is 0 Å². The summed E-state index contributed by atoms with van der Waals surface area (Å²) < 4.78 is 5.58. The van der Waals surface area contributed by atoms with E-state index in [1.807, 2.05) is 0 Å². The van der Waals surface area contributed by atoms with Gasteiger partial charge in [0.05, 0.1) is 12.3 Å². The Bertz CT molecular complexity index is 607. The van der Waals surface area contributed by atoms with Gasteiger partial charge in [-0.3, -0.25) is 0 Å². The Kier molecular flexibility index (Phi) is 7.79. The van der Waals surface area contributed by atoms with Gasteiger partial charge in [0.25, 0.3) is 0 Å². The molecule has 1 aromatic carbocycles. The van der Waals surface area contributed by atoms with Crippen molar-refractivity contribution in [3.63, 3.8) is 0 Å². The van der Waals surface area contributed by atoms with Crippen LogP contribution in [0, 0.1) is 5.41 Å². The van der Waals surface area contributed by atoms with E-state index in [1.165, 1.54) is 11.1 Å². The van der Waals surface area contributed by atoms with E-state index in [2.05, 4.69) is 68.6 Å². The maximum absolute atomic E-state index is 5.58. The Morgan fingerprint density at radius 1 is 1.28 bits per heavy atom. The number of thiol groups is 1. The quantitative estimate of drug-likeness (QED) is 0.239. The van der Waals surface area contributed by atoms with E-state index in [1.54, 1.807) is 6.08 Å². The standard InChI is InChI=1S/C21H29NO2S/c1-4-12-24-22-20(19-9-7-18(16-25)8-10-19)21(2,3)15-17-6-5-13-23-14-11-17/h4,7-10,15,25H,1,5-6,11-14,16H2,2-3H3/b17-15+,22-20-. The average Bonchev–Trinajstić information content (AvgIpc) is 2.87. The molecule has 2 rings (SSSR count). The number of benzene rings is 1. The zero-order valence-electron chi connectivity index (χ0n) is 15.3. The fourth-order valence-corrected chi connectivity index (χ4v) is 3.23. The molecule has 0 radical (unpaired) electrons. The van der Waals surface area contributed by atoms with E-state index in [4.69, 9.17) is 9.57 Å². The monoisotopic (exact) mass is 359 g/mol. The SMILES string of the molecule is C=CCO/N=C(/c1ccc(CS)cc1)C(C)(C)/C=C1\CCCOCC1. The van der Waals surface area contributed by atoms with Crippen molar-refractivity contribution in [2.24, 2.45) is 10.6 Å². The largest absolute Gasteiger partial charge is 0.391 e. The molecule has 0 spiro atoms. The summed E-state index contributed by atoms with van der Waals surface area (Å²) in [5, 5.41) is 4.45. The highest BCUT2D eigenvalue weighted by molar-refractivity contribution is 7.79. The number of hydrogen-bond donors (Lipinski definition) is 1. The molecule has 1 saturated heterocycles. The zero-order valence-corrected chi connectivity index (χ0v) is 16.2. The lowest BCUT2D eigenvalue weighted by molar-refractivity contribution is 0.146. The molecule has 0 unspecified atom stereocenters. The summed E-state index contributed by atoms with van der Waals surface area (Å²) in [7, 11) is 0. The molecule has 3 nitrogen and oxygen atoms in total. The maximum Gasteiger partial charge on any atom is 0.135 e. The fraction of sp³-hybridized carbons (Fsp3) is 0.476. The summed E-state index contributed by atoms with van der Waals surface area (Å²) in [5.74, 6) is 0.729. The van der Waals surface area contributed by atoms with Crippen LogP contribution in [0.25, 0.3) is 0 Å². The summed E-state index contributed by atoms with van der Waals surface area (Å²) in [6.07, 6.45) is 7.20. The fourth-order valence-electron chi connectivity index (χ4n) is 3.02. The van der Waals surface area contributed by atoms with E-state index < -0.39 is 0 Å². The molecule has 4 heteroatoms. The minimum atomic E-state index is -0.233. The maximum atomic E-state index is 5.58. The summed E-state index contributed by atoms with van der Waals surface area (Å²) in [6.45, 7) is 10.1. The summed E-state index contributed by atoms with van der Waals surface area (Å²) in [5.41, 5.74) is 4.39. The molecule has 0 bridgehead atoms. The lowest BCUT2D eigenvalue weighted by atomic mass is 9.81. The first-order valence-electron chi connectivity index (χ1n) is 8.86. The minimum absolute atomic E-state index is 0.233. The molecular weight excluding hydrogens is 330 g/mol. The highest BCUT2D eigenvalue weighted by Crippen LogP contribution is 2.29. The predicted octanol–water partition coefficient (Wildman–Crippen LogP) is 5.18. The lowest BCUT2D eigenvalue weighted by Gasteiger charge is -2.24. The molecule has 0 atom stereocenters. The number of oxime groups is 1. The van der Waals surface area contributed by atoms with Gasteiger partial charge in [-0.15, -0.1) is 0 Å². The predicted molar refractivity (Wildman–Crippen MR) is 108 cm³/mol. The topological polar surface area (TPSA) is 30.8 Å². The third kappa shape index (κ3) is 6.05. The van der Waals surface area contributed by atoms with Crippen LogP contribution in [0.2, 0.25) is 0 Å². The van der Waals surface area contributed by atoms with Crippen LogP contribution in [-0.2, 0) is 15.3 Å². The lowest BCUT2D eigenvalue weighted by Crippen LogP contribution is -2.24. The molecule has 0 N–H and O–H groups in total. The second-order valence-electron chi connectivity index (χ2n) is 6.87. The zero-order chi connectivity index (χ0) is 18.1. The summed E-state index contributed by atoms with van der Waals surface area (Å²) in [6, 6.07) is 8.37. The molecule has 0 aliphatic carbocycles. The third-order valence-electron chi connectivity index (χ3n) is 4.29. The normalized spacial score (nSPS) is 18.0. The number of ether oxygens (including phenoxy) is 1. The van der Waals surface area contributed by atoms with Crippen molar-refractivity contribution in [1.82, 2.24) is 0 Å². The van der Waals surface area contributed by atoms with Gasteiger partial charge in [0, 0.05) is 23.3 Å². The molecule has 0 aromatic heterocycles. The molecule has 1 aliphatic rings. The number of allylic oxidation sites excluding steroid dienone is 1. The average molecular weight is 360 g/mol. The highest BCUT2D eigenvalue weighted by atomic mass is 32.1. The molecule has 1 fully saturated rings. The Balaban J connectivity index is 2.32. The Labute approximate surface area is 157 Å². The van der Waals surface area contributed by atoms with E-state index in [0.717, 1.165) is 49.5 Å². The van der Waals surface area contributed by atoms with Gasteiger partial charge in [-0.1, -0.05) is 67.6 Å². The van der Waals surface area contributed by atoms with Crippen LogP contribution in [0.15, 0.2) is 53.7 Å². The van der Waals surface area contributed by atoms with Crippen molar-refractivity contribution < 1.29 is 9.57 Å². The van der Waals surface area contributed by atoms with E-state index in [0.29, 0.717) is 6.61 Å². The second-order valence-corrected chi connectivity index (χ2v) is 7.19. The van der Waals surface area contributed by atoms with Crippen LogP contribution in [0.4, 0.5) is 0 Å². The van der Waals surface area contributed by atoms with Gasteiger partial charge < -0.3 is 9.57 Å². The van der Waals surface area contributed by atoms with Crippen LogP contribution >= 0.6 is 12.6 Å². The Hall–Kier alpha value is -1.52. The van der Waals surface area contributed by atoms with Crippen molar-refractivity contribution in [2.45, 2.75) is 38.9 Å². The van der Waals surface area contributed by atoms with E-state index >= 15 is 0 Å². The Morgan fingerprint density at radius 3 is 2.72 bits per heavy atom. The van der Waals surface area contributed by atoms with Crippen LogP contribution in [0.5, 0.6) is 0 Å². The molecular formula is C21H29NO2S. The molecule has 136 valence electrons. The highest BCUT2D eigenvalue weighted by Gasteiger charge is 2.26. The number of rotatable bonds is 7. The van der Waals surface area contributed by atoms with Crippen LogP contribution < -0.4 is 0 Å². The molecule has 1 aliphatic heterocycles. The molecule has 1 heterocycles. The first kappa shape index (κ1) is 19.8. The van der Waals surface area contributed by atoms with Crippen molar-refractivity contribution in [2.75, 3.05) is 19.8 Å². The van der Waals surface area contributed by atoms with Crippen molar-refractivity contribution >= 4 is 18.3 Å². The van der Waals surface area contributed by atoms with Gasteiger partial charge in [0.1, 0.15) is 6.61 Å². The minimum Gasteiger partial charge on any atom is -0.391 e. The second kappa shape index (κ2) is 9.83. The van der Waals surface area contributed by atoms with Gasteiger partial charge in [0.15, 0.2) is 0 Å². The molecule has 0 saturated carbocycles. The van der Waals surface area contributed by atoms with Gasteiger partial charge in [-0.25, -0.2) is 0 Å². The summed E-state index contributed by atoms with van der Waals surface area (Å²) in [4.78, 5) is 5.46. The first-order chi connectivity index (χ1) is 12.1. The van der Waals surface area contributed by atoms with E-state index in [-0.39, 0.29) is 5.41 Å². The van der Waals surface area contributed by atoms with Crippen molar-refractivity contribution in [1.29, 1.82) is 0 Å². The van der Waals surface area contributed by atoms with Crippen LogP contribution in [-0.4, -0.2) is 25.5 Å². The number of hydrogen-bond acceptors (Lipinski definition) is 4. The van der Waals surface area contributed by atoms with Crippen LogP contribution in [0.1, 0.15) is 44.2 Å². The van der Waals surface area contributed by atoms with Crippen molar-refractivity contribution in [3.8, 4) is 0 Å². The Morgan fingerprint density at radius 2 is 2.04 bits per heavy atom. The smallest absolute Gasteiger partial charge is 0.135 e. The third-order valence-corrected chi connectivity index (χ3v) is 4.65. The molecule has 1 aromatic rings. The molecule has 0 amide bonds. The van der Waals surface area contributed by atoms with Crippen LogP contribution in [0.3, 0.4) is 0 Å². The van der Waals surface area contributed by atoms with Gasteiger partial charge in [-0.2, -0.15) is 12.6 Å². The van der Waals surface area contributed by atoms with Crippen molar-refractivity contribution in [3.05, 3.63) is 59.7 Å². The van der Waals surface area contributed by atoms with Gasteiger partial charge in [0.2, 0.25) is 0 Å².